The summed E-state index contributed by atoms with van der Waals surface area (Å²) in [5.41, 5.74) is 1.41. The molecule has 0 aromatic heterocycles. The fraction of sp³-hybridized carbons (Fsp3) is 0.300. The minimum atomic E-state index is -0.265. The van der Waals surface area contributed by atoms with Gasteiger partial charge in [0, 0.05) is 12.1 Å². The molecule has 1 aliphatic rings. The summed E-state index contributed by atoms with van der Waals surface area (Å²) in [4.78, 5) is 10.9. The third-order valence-corrected chi connectivity index (χ3v) is 2.30. The highest BCUT2D eigenvalue weighted by atomic mass is 19.1. The lowest BCUT2D eigenvalue weighted by atomic mass is 10.1. The smallest absolute Gasteiger partial charge is 0.315 e. The van der Waals surface area contributed by atoms with Crippen LogP contribution in [0.4, 0.5) is 9.18 Å². The van der Waals surface area contributed by atoms with E-state index < -0.39 is 0 Å². The molecule has 1 heterocycles. The van der Waals surface area contributed by atoms with E-state index in [1.807, 2.05) is 13.0 Å². The number of aryl methyl sites for hydroxylation is 1. The molecule has 0 saturated carbocycles. The predicted molar refractivity (Wildman–Crippen MR) is 50.4 cm³/mol. The lowest BCUT2D eigenvalue weighted by Gasteiger charge is -2.10. The van der Waals surface area contributed by atoms with Crippen LogP contribution in [0, 0.1) is 12.7 Å². The molecule has 0 aliphatic carbocycles. The van der Waals surface area contributed by atoms with E-state index in [4.69, 9.17) is 0 Å². The molecule has 1 saturated heterocycles. The lowest BCUT2D eigenvalue weighted by molar-refractivity contribution is 0.247. The van der Waals surface area contributed by atoms with Gasteiger partial charge in [0.05, 0.1) is 6.04 Å². The molecule has 14 heavy (non-hydrogen) atoms. The third kappa shape index (κ3) is 1.55. The van der Waals surface area contributed by atoms with Crippen LogP contribution in [0.1, 0.15) is 17.2 Å². The number of urea groups is 1. The Balaban J connectivity index is 2.28. The van der Waals surface area contributed by atoms with Gasteiger partial charge in [-0.25, -0.2) is 9.18 Å². The zero-order chi connectivity index (χ0) is 10.1. The maximum Gasteiger partial charge on any atom is 0.315 e. The maximum atomic E-state index is 13.5. The van der Waals surface area contributed by atoms with Crippen molar-refractivity contribution in [3.63, 3.8) is 0 Å². The second-order valence-corrected chi connectivity index (χ2v) is 3.43. The first kappa shape index (κ1) is 8.99. The van der Waals surface area contributed by atoms with Gasteiger partial charge in [0.1, 0.15) is 5.82 Å². The highest BCUT2D eigenvalue weighted by molar-refractivity contribution is 5.76. The Morgan fingerprint density at radius 1 is 1.50 bits per heavy atom. The fourth-order valence-corrected chi connectivity index (χ4v) is 1.56. The first-order valence-electron chi connectivity index (χ1n) is 4.47. The first-order chi connectivity index (χ1) is 6.66. The maximum absolute atomic E-state index is 13.5. The summed E-state index contributed by atoms with van der Waals surface area (Å²) >= 11 is 0. The van der Waals surface area contributed by atoms with E-state index in [1.54, 1.807) is 6.07 Å². The van der Waals surface area contributed by atoms with Gasteiger partial charge in [0.25, 0.3) is 0 Å². The number of carbonyl (C=O) groups excluding carboxylic acids is 1. The SMILES string of the molecule is Cc1ccc([C@@H]2CNC(=O)N2)c(F)c1. The van der Waals surface area contributed by atoms with E-state index in [2.05, 4.69) is 10.6 Å². The summed E-state index contributed by atoms with van der Waals surface area (Å²) in [6.45, 7) is 2.27. The summed E-state index contributed by atoms with van der Waals surface area (Å²) in [7, 11) is 0. The van der Waals surface area contributed by atoms with Gasteiger partial charge in [0.15, 0.2) is 0 Å². The van der Waals surface area contributed by atoms with Crippen molar-refractivity contribution < 1.29 is 9.18 Å². The van der Waals surface area contributed by atoms with Crippen LogP contribution in [0.5, 0.6) is 0 Å². The second-order valence-electron chi connectivity index (χ2n) is 3.43. The van der Waals surface area contributed by atoms with Gasteiger partial charge >= 0.3 is 6.03 Å². The van der Waals surface area contributed by atoms with Gasteiger partial charge in [-0.2, -0.15) is 0 Å². The molecule has 3 nitrogen and oxygen atoms in total. The largest absolute Gasteiger partial charge is 0.336 e. The fourth-order valence-electron chi connectivity index (χ4n) is 1.56. The van der Waals surface area contributed by atoms with Gasteiger partial charge in [-0.1, -0.05) is 12.1 Å². The van der Waals surface area contributed by atoms with Crippen molar-refractivity contribution in [3.05, 3.63) is 35.1 Å². The Labute approximate surface area is 81.3 Å². The van der Waals surface area contributed by atoms with Gasteiger partial charge in [-0.15, -0.1) is 0 Å². The Bertz CT molecular complexity index is 378. The topological polar surface area (TPSA) is 41.1 Å². The normalized spacial score (nSPS) is 20.4. The number of hydrogen-bond acceptors (Lipinski definition) is 1. The molecule has 1 atom stereocenters. The Hall–Kier alpha value is -1.58. The molecule has 74 valence electrons. The van der Waals surface area contributed by atoms with Crippen LogP contribution in [0.25, 0.3) is 0 Å². The molecule has 2 rings (SSSR count). The van der Waals surface area contributed by atoms with Crippen molar-refractivity contribution in [1.82, 2.24) is 10.6 Å². The van der Waals surface area contributed by atoms with E-state index in [0.717, 1.165) is 5.56 Å². The van der Waals surface area contributed by atoms with Crippen molar-refractivity contribution in [2.45, 2.75) is 13.0 Å². The van der Waals surface area contributed by atoms with E-state index in [0.29, 0.717) is 12.1 Å². The molecule has 0 bridgehead atoms. The van der Waals surface area contributed by atoms with Crippen LogP contribution in [0.15, 0.2) is 18.2 Å². The Morgan fingerprint density at radius 3 is 2.86 bits per heavy atom. The molecule has 0 spiro atoms. The second kappa shape index (κ2) is 3.29. The Kier molecular flexibility index (Phi) is 2.11. The summed E-state index contributed by atoms with van der Waals surface area (Å²) < 4.78 is 13.5. The molecule has 1 fully saturated rings. The van der Waals surface area contributed by atoms with Crippen molar-refractivity contribution in [2.75, 3.05) is 6.54 Å². The van der Waals surface area contributed by atoms with Gasteiger partial charge in [0.2, 0.25) is 0 Å². The molecular weight excluding hydrogens is 183 g/mol. The summed E-state index contributed by atoms with van der Waals surface area (Å²) in [5, 5.41) is 5.23. The Morgan fingerprint density at radius 2 is 2.29 bits per heavy atom. The lowest BCUT2D eigenvalue weighted by Crippen LogP contribution is -2.22. The monoisotopic (exact) mass is 194 g/mol. The molecule has 2 amide bonds. The average molecular weight is 194 g/mol. The number of benzene rings is 1. The van der Waals surface area contributed by atoms with Crippen molar-refractivity contribution in [1.29, 1.82) is 0 Å². The molecule has 1 aliphatic heterocycles. The quantitative estimate of drug-likeness (QED) is 0.698. The third-order valence-electron chi connectivity index (χ3n) is 2.30. The summed E-state index contributed by atoms with van der Waals surface area (Å²) in [5.74, 6) is -0.265. The highest BCUT2D eigenvalue weighted by Crippen LogP contribution is 2.19. The molecule has 1 aromatic carbocycles. The van der Waals surface area contributed by atoms with Crippen molar-refractivity contribution in [2.24, 2.45) is 0 Å². The standard InChI is InChI=1S/C10H11FN2O/c1-6-2-3-7(8(11)4-6)9-5-12-10(14)13-9/h2-4,9H,5H2,1H3,(H2,12,13,14)/t9-/m0/s1. The van der Waals surface area contributed by atoms with Crippen LogP contribution in [-0.2, 0) is 0 Å². The predicted octanol–water partition coefficient (Wildman–Crippen LogP) is 1.49. The zero-order valence-electron chi connectivity index (χ0n) is 7.80. The van der Waals surface area contributed by atoms with Crippen LogP contribution in [0.2, 0.25) is 0 Å². The van der Waals surface area contributed by atoms with Crippen LogP contribution < -0.4 is 10.6 Å². The van der Waals surface area contributed by atoms with Gasteiger partial charge in [-0.3, -0.25) is 0 Å². The number of amides is 2. The first-order valence-corrected chi connectivity index (χ1v) is 4.47. The minimum Gasteiger partial charge on any atom is -0.336 e. The van der Waals surface area contributed by atoms with Gasteiger partial charge in [-0.05, 0) is 18.6 Å². The van der Waals surface area contributed by atoms with E-state index >= 15 is 0 Å². The number of hydrogen-bond donors (Lipinski definition) is 2. The molecule has 2 N–H and O–H groups in total. The molecule has 0 radical (unpaired) electrons. The van der Waals surface area contributed by atoms with Crippen LogP contribution >= 0.6 is 0 Å². The van der Waals surface area contributed by atoms with Crippen molar-refractivity contribution in [3.8, 4) is 0 Å². The van der Waals surface area contributed by atoms with Crippen LogP contribution in [-0.4, -0.2) is 12.6 Å². The molecular formula is C10H11FN2O. The van der Waals surface area contributed by atoms with Crippen LogP contribution in [0.3, 0.4) is 0 Å². The van der Waals surface area contributed by atoms with Crippen molar-refractivity contribution >= 4 is 6.03 Å². The zero-order valence-corrected chi connectivity index (χ0v) is 7.80. The summed E-state index contributed by atoms with van der Waals surface area (Å²) in [6, 6.07) is 4.53. The molecule has 0 unspecified atom stereocenters. The number of carbonyl (C=O) groups is 1. The number of nitrogens with one attached hydrogen (secondary N) is 2. The number of rotatable bonds is 1. The molecule has 4 heteroatoms. The molecule has 1 aromatic rings. The van der Waals surface area contributed by atoms with Gasteiger partial charge < -0.3 is 10.6 Å². The van der Waals surface area contributed by atoms with E-state index in [-0.39, 0.29) is 17.9 Å². The number of halogens is 1. The summed E-state index contributed by atoms with van der Waals surface area (Å²) in [6.07, 6.45) is 0. The highest BCUT2D eigenvalue weighted by Gasteiger charge is 2.23. The average Bonchev–Trinajstić information content (AvgIpc) is 2.51. The van der Waals surface area contributed by atoms with E-state index in [1.165, 1.54) is 6.07 Å². The minimum absolute atomic E-state index is 0.241. The van der Waals surface area contributed by atoms with E-state index in [9.17, 15) is 9.18 Å².